The fraction of sp³-hybridized carbons (Fsp3) is 0.500. The molecule has 0 aliphatic heterocycles. The molecule has 2 fully saturated rings. The average Bonchev–Trinajstić information content (AvgIpc) is 3.39. The Hall–Kier alpha value is -2.76. The zero-order chi connectivity index (χ0) is 20.2. The van der Waals surface area contributed by atoms with Gasteiger partial charge in [-0.3, -0.25) is 9.36 Å². The summed E-state index contributed by atoms with van der Waals surface area (Å²) in [6.45, 7) is 1.99. The van der Waals surface area contributed by atoms with Crippen molar-refractivity contribution in [3.8, 4) is 0 Å². The number of aromatic nitrogens is 5. The Morgan fingerprint density at radius 1 is 0.767 bits per heavy atom. The van der Waals surface area contributed by atoms with Gasteiger partial charge in [-0.15, -0.1) is 0 Å². The van der Waals surface area contributed by atoms with E-state index >= 15 is 0 Å². The van der Waals surface area contributed by atoms with E-state index in [1.54, 1.807) is 0 Å². The molecule has 0 unspecified atom stereocenters. The molecule has 3 aromatic heterocycles. The monoisotopic (exact) mass is 401 g/mol. The molecule has 30 heavy (non-hydrogen) atoms. The Bertz CT molecular complexity index is 1320. The molecule has 0 amide bonds. The first-order chi connectivity index (χ1) is 14.7. The lowest BCUT2D eigenvalue weighted by Gasteiger charge is -2.24. The fourth-order valence-electron chi connectivity index (χ4n) is 5.71. The van der Waals surface area contributed by atoms with Gasteiger partial charge in [0.2, 0.25) is 0 Å². The molecule has 2 aliphatic rings. The minimum Gasteiger partial charge on any atom is -0.305 e. The van der Waals surface area contributed by atoms with Gasteiger partial charge in [-0.1, -0.05) is 44.2 Å². The van der Waals surface area contributed by atoms with Crippen molar-refractivity contribution < 1.29 is 0 Å². The van der Waals surface area contributed by atoms with E-state index in [-0.39, 0.29) is 11.6 Å². The average molecular weight is 402 g/mol. The molecule has 2 saturated carbocycles. The molecule has 6 nitrogen and oxygen atoms in total. The summed E-state index contributed by atoms with van der Waals surface area (Å²) in [5.41, 5.74) is 4.09. The number of rotatable bonds is 2. The number of nitrogens with zero attached hydrogens (tertiary/aromatic N) is 5. The van der Waals surface area contributed by atoms with E-state index in [1.807, 2.05) is 35.8 Å². The maximum Gasteiger partial charge on any atom is 0.265 e. The predicted molar refractivity (Wildman–Crippen MR) is 119 cm³/mol. The summed E-state index contributed by atoms with van der Waals surface area (Å²) >= 11 is 0. The molecule has 0 atom stereocenters. The Kier molecular flexibility index (Phi) is 4.15. The second kappa shape index (κ2) is 6.89. The lowest BCUT2D eigenvalue weighted by atomic mass is 9.95. The molecule has 2 aliphatic carbocycles. The third-order valence-electron chi connectivity index (χ3n) is 7.15. The second-order valence-electron chi connectivity index (χ2n) is 9.02. The van der Waals surface area contributed by atoms with Crippen molar-refractivity contribution in [2.45, 2.75) is 76.8 Å². The molecule has 6 rings (SSSR count). The number of hydrogen-bond donors (Lipinski definition) is 0. The normalized spacial score (nSPS) is 18.8. The molecule has 0 spiro atoms. The first-order valence-corrected chi connectivity index (χ1v) is 11.4. The third-order valence-corrected chi connectivity index (χ3v) is 7.15. The molecule has 4 aromatic rings. The van der Waals surface area contributed by atoms with Gasteiger partial charge in [-0.25, -0.2) is 15.0 Å². The lowest BCUT2D eigenvalue weighted by Crippen LogP contribution is -2.27. The number of benzene rings is 1. The fourth-order valence-corrected chi connectivity index (χ4v) is 5.71. The highest BCUT2D eigenvalue weighted by molar-refractivity contribution is 6.04. The first kappa shape index (κ1) is 18.0. The lowest BCUT2D eigenvalue weighted by molar-refractivity contribution is 0.364. The van der Waals surface area contributed by atoms with Gasteiger partial charge in [0.1, 0.15) is 16.7 Å². The van der Waals surface area contributed by atoms with E-state index < -0.39 is 0 Å². The highest BCUT2D eigenvalue weighted by Crippen LogP contribution is 2.36. The van der Waals surface area contributed by atoms with Crippen molar-refractivity contribution in [3.05, 3.63) is 40.4 Å². The van der Waals surface area contributed by atoms with Crippen LogP contribution < -0.4 is 5.56 Å². The van der Waals surface area contributed by atoms with Crippen molar-refractivity contribution in [2.75, 3.05) is 0 Å². The summed E-state index contributed by atoms with van der Waals surface area (Å²) in [5, 5.41) is 0.659. The van der Waals surface area contributed by atoms with E-state index in [2.05, 4.69) is 4.57 Å². The van der Waals surface area contributed by atoms with Gasteiger partial charge in [0.25, 0.3) is 5.56 Å². The van der Waals surface area contributed by atoms with Crippen LogP contribution >= 0.6 is 0 Å². The van der Waals surface area contributed by atoms with Crippen LogP contribution in [-0.2, 0) is 0 Å². The van der Waals surface area contributed by atoms with Crippen LogP contribution in [-0.4, -0.2) is 24.1 Å². The summed E-state index contributed by atoms with van der Waals surface area (Å²) in [7, 11) is 0. The number of hydrogen-bond acceptors (Lipinski definition) is 4. The van der Waals surface area contributed by atoms with Crippen molar-refractivity contribution in [1.82, 2.24) is 24.1 Å². The van der Waals surface area contributed by atoms with Crippen LogP contribution in [0.25, 0.3) is 33.2 Å². The van der Waals surface area contributed by atoms with Crippen LogP contribution in [0.3, 0.4) is 0 Å². The van der Waals surface area contributed by atoms with Crippen molar-refractivity contribution in [3.63, 3.8) is 0 Å². The van der Waals surface area contributed by atoms with E-state index in [0.29, 0.717) is 11.4 Å². The molecule has 0 radical (unpaired) electrons. The topological polar surface area (TPSA) is 65.6 Å². The molecular formula is C24H27N5O. The van der Waals surface area contributed by atoms with Gasteiger partial charge in [-0.2, -0.15) is 0 Å². The quantitative estimate of drug-likeness (QED) is 0.462. The smallest absolute Gasteiger partial charge is 0.265 e. The predicted octanol–water partition coefficient (Wildman–Crippen LogP) is 5.22. The van der Waals surface area contributed by atoms with Crippen LogP contribution in [0.4, 0.5) is 0 Å². The Morgan fingerprint density at radius 3 is 2.07 bits per heavy atom. The van der Waals surface area contributed by atoms with E-state index in [0.717, 1.165) is 59.4 Å². The van der Waals surface area contributed by atoms with Crippen LogP contribution in [0.15, 0.2) is 29.1 Å². The summed E-state index contributed by atoms with van der Waals surface area (Å²) in [5.74, 6) is 0.823. The summed E-state index contributed by atoms with van der Waals surface area (Å²) in [6, 6.07) is 8.54. The van der Waals surface area contributed by atoms with Gasteiger partial charge >= 0.3 is 0 Å². The van der Waals surface area contributed by atoms with Crippen LogP contribution in [0, 0.1) is 6.92 Å². The van der Waals surface area contributed by atoms with Crippen molar-refractivity contribution in [1.29, 1.82) is 0 Å². The number of fused-ring (bicyclic) bond motifs is 4. The van der Waals surface area contributed by atoms with E-state index in [1.165, 1.54) is 32.1 Å². The summed E-state index contributed by atoms with van der Waals surface area (Å²) in [4.78, 5) is 28.8. The first-order valence-electron chi connectivity index (χ1n) is 11.4. The van der Waals surface area contributed by atoms with Crippen LogP contribution in [0.5, 0.6) is 0 Å². The van der Waals surface area contributed by atoms with Crippen LogP contribution in [0.1, 0.15) is 75.7 Å². The molecule has 1 aromatic carbocycles. The van der Waals surface area contributed by atoms with Crippen molar-refractivity contribution >= 4 is 33.2 Å². The molecule has 3 heterocycles. The molecule has 0 bridgehead atoms. The SMILES string of the molecule is Cc1nc2c(c(=O)n1C1CCCC1)c1nc3ccccc3nc1n2C1CCCCC1. The van der Waals surface area contributed by atoms with Gasteiger partial charge in [0.15, 0.2) is 11.3 Å². The van der Waals surface area contributed by atoms with E-state index in [4.69, 9.17) is 15.0 Å². The minimum absolute atomic E-state index is 0.0635. The summed E-state index contributed by atoms with van der Waals surface area (Å²) in [6.07, 6.45) is 10.4. The molecule has 0 saturated heterocycles. The zero-order valence-corrected chi connectivity index (χ0v) is 17.5. The molecule has 0 N–H and O–H groups in total. The maximum atomic E-state index is 13.8. The Balaban J connectivity index is 1.73. The van der Waals surface area contributed by atoms with Crippen LogP contribution in [0.2, 0.25) is 0 Å². The summed E-state index contributed by atoms with van der Waals surface area (Å²) < 4.78 is 4.19. The van der Waals surface area contributed by atoms with Crippen molar-refractivity contribution in [2.24, 2.45) is 0 Å². The highest BCUT2D eigenvalue weighted by Gasteiger charge is 2.28. The second-order valence-corrected chi connectivity index (χ2v) is 9.02. The standard InChI is InChI=1S/C24H27N5O/c1-15-25-22-20(24(30)28(15)16-11-5-6-12-16)21-23(29(22)17-9-3-2-4-10-17)27-19-14-8-7-13-18(19)26-21/h7-8,13-14,16-17H,2-6,9-12H2,1H3. The largest absolute Gasteiger partial charge is 0.305 e. The molecular weight excluding hydrogens is 374 g/mol. The third kappa shape index (κ3) is 2.62. The van der Waals surface area contributed by atoms with Gasteiger partial charge < -0.3 is 4.57 Å². The Labute approximate surface area is 175 Å². The van der Waals surface area contributed by atoms with Gasteiger partial charge in [0.05, 0.1) is 11.0 Å². The minimum atomic E-state index is 0.0635. The van der Waals surface area contributed by atoms with Gasteiger partial charge in [0, 0.05) is 12.1 Å². The van der Waals surface area contributed by atoms with Gasteiger partial charge in [-0.05, 0) is 44.7 Å². The molecule has 154 valence electrons. The Morgan fingerprint density at radius 2 is 1.37 bits per heavy atom. The zero-order valence-electron chi connectivity index (χ0n) is 17.5. The number of aryl methyl sites for hydroxylation is 1. The maximum absolute atomic E-state index is 13.8. The molecule has 6 heteroatoms. The highest BCUT2D eigenvalue weighted by atomic mass is 16.1. The number of para-hydroxylation sites is 2. The van der Waals surface area contributed by atoms with E-state index in [9.17, 15) is 4.79 Å².